The molecule has 1 amide bonds. The molecule has 0 spiro atoms. The standard InChI is InChI=1S/C12H14BrNO3/c13-11-3-1-2-10(8-11)9-16-6-4-14-5-7-17-12(14)15/h1-3,8H,4-7,9H2. The molecule has 92 valence electrons. The Morgan fingerprint density at radius 2 is 2.35 bits per heavy atom. The monoisotopic (exact) mass is 299 g/mol. The summed E-state index contributed by atoms with van der Waals surface area (Å²) in [7, 11) is 0. The summed E-state index contributed by atoms with van der Waals surface area (Å²) in [5.41, 5.74) is 1.11. The molecule has 1 aromatic rings. The highest BCUT2D eigenvalue weighted by Crippen LogP contribution is 2.12. The molecule has 1 aliphatic heterocycles. The van der Waals surface area contributed by atoms with Gasteiger partial charge in [0.05, 0.1) is 19.8 Å². The Morgan fingerprint density at radius 3 is 3.06 bits per heavy atom. The van der Waals surface area contributed by atoms with E-state index in [-0.39, 0.29) is 6.09 Å². The average Bonchev–Trinajstić information content (AvgIpc) is 2.71. The Balaban J connectivity index is 1.68. The van der Waals surface area contributed by atoms with Gasteiger partial charge >= 0.3 is 6.09 Å². The first-order valence-electron chi connectivity index (χ1n) is 5.49. The molecule has 2 rings (SSSR count). The van der Waals surface area contributed by atoms with Gasteiger partial charge < -0.3 is 14.4 Å². The van der Waals surface area contributed by atoms with E-state index in [1.54, 1.807) is 4.90 Å². The van der Waals surface area contributed by atoms with Crippen molar-refractivity contribution in [2.45, 2.75) is 6.61 Å². The van der Waals surface area contributed by atoms with Gasteiger partial charge in [-0.15, -0.1) is 0 Å². The Hall–Kier alpha value is -1.07. The van der Waals surface area contributed by atoms with Crippen LogP contribution in [0.5, 0.6) is 0 Å². The van der Waals surface area contributed by atoms with Crippen molar-refractivity contribution in [2.75, 3.05) is 26.3 Å². The van der Waals surface area contributed by atoms with Crippen molar-refractivity contribution in [2.24, 2.45) is 0 Å². The predicted octanol–water partition coefficient (Wildman–Crippen LogP) is 2.42. The van der Waals surface area contributed by atoms with Crippen molar-refractivity contribution in [3.8, 4) is 0 Å². The topological polar surface area (TPSA) is 38.8 Å². The Labute approximate surface area is 109 Å². The molecule has 0 aliphatic carbocycles. The highest BCUT2D eigenvalue weighted by atomic mass is 79.9. The van der Waals surface area contributed by atoms with Crippen molar-refractivity contribution in [1.82, 2.24) is 4.90 Å². The molecule has 5 heteroatoms. The van der Waals surface area contributed by atoms with Crippen LogP contribution in [0.4, 0.5) is 4.79 Å². The molecule has 0 aromatic heterocycles. The van der Waals surface area contributed by atoms with Crippen LogP contribution in [0.15, 0.2) is 28.7 Å². The molecule has 1 heterocycles. The number of ether oxygens (including phenoxy) is 2. The highest BCUT2D eigenvalue weighted by Gasteiger charge is 2.20. The van der Waals surface area contributed by atoms with E-state index in [2.05, 4.69) is 15.9 Å². The van der Waals surface area contributed by atoms with Crippen LogP contribution in [0.3, 0.4) is 0 Å². The Morgan fingerprint density at radius 1 is 1.47 bits per heavy atom. The third kappa shape index (κ3) is 3.71. The van der Waals surface area contributed by atoms with Crippen LogP contribution in [0.25, 0.3) is 0 Å². The van der Waals surface area contributed by atoms with Crippen LogP contribution in [-0.2, 0) is 16.1 Å². The number of cyclic esters (lactones) is 1. The lowest BCUT2D eigenvalue weighted by atomic mass is 10.2. The number of carbonyl (C=O) groups is 1. The van der Waals surface area contributed by atoms with Crippen molar-refractivity contribution in [3.63, 3.8) is 0 Å². The molecule has 0 N–H and O–H groups in total. The largest absolute Gasteiger partial charge is 0.448 e. The van der Waals surface area contributed by atoms with Crippen molar-refractivity contribution < 1.29 is 14.3 Å². The number of benzene rings is 1. The molecule has 1 aromatic carbocycles. The van der Waals surface area contributed by atoms with Gasteiger partial charge in [-0.05, 0) is 17.7 Å². The number of amides is 1. The van der Waals surface area contributed by atoms with Crippen LogP contribution in [0.2, 0.25) is 0 Å². The smallest absolute Gasteiger partial charge is 0.410 e. The second-order valence-corrected chi connectivity index (χ2v) is 4.70. The molecule has 17 heavy (non-hydrogen) atoms. The Kier molecular flexibility index (Phi) is 4.39. The van der Waals surface area contributed by atoms with Crippen LogP contribution >= 0.6 is 15.9 Å². The second kappa shape index (κ2) is 6.02. The van der Waals surface area contributed by atoms with Gasteiger partial charge in [-0.1, -0.05) is 28.1 Å². The molecule has 0 atom stereocenters. The first-order chi connectivity index (χ1) is 8.25. The zero-order valence-corrected chi connectivity index (χ0v) is 11.0. The van der Waals surface area contributed by atoms with E-state index in [1.165, 1.54) is 0 Å². The number of nitrogens with zero attached hydrogens (tertiary/aromatic N) is 1. The third-order valence-corrected chi connectivity index (χ3v) is 3.00. The SMILES string of the molecule is O=C1OCCN1CCOCc1cccc(Br)c1. The van der Waals surface area contributed by atoms with Gasteiger partial charge in [0.2, 0.25) is 0 Å². The molecular weight excluding hydrogens is 286 g/mol. The molecule has 0 bridgehead atoms. The molecular formula is C12H14BrNO3. The zero-order valence-electron chi connectivity index (χ0n) is 9.39. The minimum absolute atomic E-state index is 0.240. The van der Waals surface area contributed by atoms with Crippen molar-refractivity contribution in [3.05, 3.63) is 34.3 Å². The van der Waals surface area contributed by atoms with Gasteiger partial charge in [-0.3, -0.25) is 0 Å². The summed E-state index contributed by atoms with van der Waals surface area (Å²) in [6.07, 6.45) is -0.240. The van der Waals surface area contributed by atoms with E-state index in [0.717, 1.165) is 10.0 Å². The maximum absolute atomic E-state index is 11.1. The van der Waals surface area contributed by atoms with Gasteiger partial charge in [0, 0.05) is 11.0 Å². The van der Waals surface area contributed by atoms with Crippen LogP contribution in [0, 0.1) is 0 Å². The number of hydrogen-bond acceptors (Lipinski definition) is 3. The maximum Gasteiger partial charge on any atom is 0.410 e. The average molecular weight is 300 g/mol. The van der Waals surface area contributed by atoms with Crippen LogP contribution in [-0.4, -0.2) is 37.3 Å². The normalized spacial score (nSPS) is 15.1. The summed E-state index contributed by atoms with van der Waals surface area (Å²) in [4.78, 5) is 12.8. The molecule has 0 unspecified atom stereocenters. The molecule has 0 radical (unpaired) electrons. The fraction of sp³-hybridized carbons (Fsp3) is 0.417. The number of hydrogen-bond donors (Lipinski definition) is 0. The Bertz CT molecular complexity index is 397. The van der Waals surface area contributed by atoms with Crippen LogP contribution in [0.1, 0.15) is 5.56 Å². The lowest BCUT2D eigenvalue weighted by molar-refractivity contribution is 0.0991. The summed E-state index contributed by atoms with van der Waals surface area (Å²) in [6, 6.07) is 7.98. The summed E-state index contributed by atoms with van der Waals surface area (Å²) in [5, 5.41) is 0. The lowest BCUT2D eigenvalue weighted by Gasteiger charge is -2.12. The summed E-state index contributed by atoms with van der Waals surface area (Å²) in [6.45, 7) is 2.83. The fourth-order valence-electron chi connectivity index (χ4n) is 1.62. The summed E-state index contributed by atoms with van der Waals surface area (Å²) >= 11 is 3.41. The molecule has 1 aliphatic rings. The summed E-state index contributed by atoms with van der Waals surface area (Å²) < 4.78 is 11.4. The third-order valence-electron chi connectivity index (χ3n) is 2.51. The van der Waals surface area contributed by atoms with Gasteiger partial charge in [0.25, 0.3) is 0 Å². The lowest BCUT2D eigenvalue weighted by Crippen LogP contribution is -2.28. The van der Waals surface area contributed by atoms with E-state index in [1.807, 2.05) is 24.3 Å². The molecule has 1 fully saturated rings. The first-order valence-corrected chi connectivity index (χ1v) is 6.29. The maximum atomic E-state index is 11.1. The predicted molar refractivity (Wildman–Crippen MR) is 66.7 cm³/mol. The van der Waals surface area contributed by atoms with Gasteiger partial charge in [0.15, 0.2) is 0 Å². The quantitative estimate of drug-likeness (QED) is 0.784. The van der Waals surface area contributed by atoms with Crippen molar-refractivity contribution >= 4 is 22.0 Å². The van der Waals surface area contributed by atoms with Crippen molar-refractivity contribution in [1.29, 1.82) is 0 Å². The second-order valence-electron chi connectivity index (χ2n) is 3.78. The molecule has 4 nitrogen and oxygen atoms in total. The number of rotatable bonds is 5. The van der Waals surface area contributed by atoms with E-state index in [4.69, 9.17) is 9.47 Å². The molecule has 1 saturated heterocycles. The van der Waals surface area contributed by atoms with E-state index in [0.29, 0.717) is 32.9 Å². The van der Waals surface area contributed by atoms with E-state index < -0.39 is 0 Å². The fourth-order valence-corrected chi connectivity index (χ4v) is 2.07. The van der Waals surface area contributed by atoms with Gasteiger partial charge in [0.1, 0.15) is 6.61 Å². The highest BCUT2D eigenvalue weighted by molar-refractivity contribution is 9.10. The minimum Gasteiger partial charge on any atom is -0.448 e. The number of carbonyl (C=O) groups excluding carboxylic acids is 1. The van der Waals surface area contributed by atoms with Gasteiger partial charge in [-0.25, -0.2) is 4.79 Å². The molecule has 0 saturated carbocycles. The van der Waals surface area contributed by atoms with E-state index >= 15 is 0 Å². The number of halogens is 1. The van der Waals surface area contributed by atoms with Crippen LogP contribution < -0.4 is 0 Å². The minimum atomic E-state index is -0.240. The van der Waals surface area contributed by atoms with E-state index in [9.17, 15) is 4.79 Å². The first kappa shape index (κ1) is 12.4. The van der Waals surface area contributed by atoms with Gasteiger partial charge in [-0.2, -0.15) is 0 Å². The summed E-state index contributed by atoms with van der Waals surface area (Å²) in [5.74, 6) is 0. The zero-order chi connectivity index (χ0) is 12.1.